The molecular weight excluding hydrogens is 242 g/mol. The number of rotatable bonds is 3. The van der Waals surface area contributed by atoms with E-state index in [1.807, 2.05) is 0 Å². The van der Waals surface area contributed by atoms with E-state index < -0.39 is 15.4 Å². The van der Waals surface area contributed by atoms with Gasteiger partial charge in [0, 0.05) is 12.4 Å². The van der Waals surface area contributed by atoms with Crippen LogP contribution in [-0.2, 0) is 21.2 Å². The standard InChI is InChI=1S/C10H15N3O3S/c1-10(2-5-17(15,16)7-10)12-9(14)6-13-4-3-11-8-13/h3-4,8H,2,5-7H2,1H3,(H,12,14)/t10-/m0/s1. The molecule has 1 atom stereocenters. The maximum Gasteiger partial charge on any atom is 0.240 e. The van der Waals surface area contributed by atoms with E-state index in [-0.39, 0.29) is 24.0 Å². The van der Waals surface area contributed by atoms with Gasteiger partial charge in [-0.05, 0) is 13.3 Å². The number of nitrogens with one attached hydrogen (secondary N) is 1. The molecule has 1 aromatic heterocycles. The van der Waals surface area contributed by atoms with Crippen LogP contribution in [0.25, 0.3) is 0 Å². The first-order chi connectivity index (χ1) is 7.89. The minimum atomic E-state index is -3.00. The highest BCUT2D eigenvalue weighted by Gasteiger charge is 2.39. The zero-order valence-electron chi connectivity index (χ0n) is 9.59. The van der Waals surface area contributed by atoms with Gasteiger partial charge in [0.25, 0.3) is 0 Å². The third-order valence-corrected chi connectivity index (χ3v) is 4.73. The molecular formula is C10H15N3O3S. The van der Waals surface area contributed by atoms with Crippen LogP contribution >= 0.6 is 0 Å². The lowest BCUT2D eigenvalue weighted by Gasteiger charge is -2.23. The van der Waals surface area contributed by atoms with Crippen molar-refractivity contribution in [3.8, 4) is 0 Å². The Morgan fingerprint density at radius 2 is 2.35 bits per heavy atom. The Hall–Kier alpha value is -1.37. The van der Waals surface area contributed by atoms with Gasteiger partial charge in [-0.1, -0.05) is 0 Å². The first-order valence-electron chi connectivity index (χ1n) is 5.36. The summed E-state index contributed by atoms with van der Waals surface area (Å²) in [5.41, 5.74) is -0.628. The molecule has 1 saturated heterocycles. The van der Waals surface area contributed by atoms with Crippen LogP contribution in [0.4, 0.5) is 0 Å². The Morgan fingerprint density at radius 3 is 2.88 bits per heavy atom. The summed E-state index contributed by atoms with van der Waals surface area (Å²) in [6.45, 7) is 1.93. The number of aromatic nitrogens is 2. The maximum atomic E-state index is 11.7. The molecule has 6 nitrogen and oxygen atoms in total. The van der Waals surface area contributed by atoms with Crippen molar-refractivity contribution in [1.29, 1.82) is 0 Å². The van der Waals surface area contributed by atoms with Crippen LogP contribution in [0.15, 0.2) is 18.7 Å². The highest BCUT2D eigenvalue weighted by atomic mass is 32.2. The minimum Gasteiger partial charge on any atom is -0.348 e. The Bertz CT molecular complexity index is 509. The number of carbonyl (C=O) groups excluding carboxylic acids is 1. The molecule has 0 saturated carbocycles. The van der Waals surface area contributed by atoms with E-state index in [0.717, 1.165) is 0 Å². The predicted molar refractivity (Wildman–Crippen MR) is 62.0 cm³/mol. The molecule has 1 aliphatic rings. The Morgan fingerprint density at radius 1 is 1.59 bits per heavy atom. The van der Waals surface area contributed by atoms with Crippen LogP contribution in [0.5, 0.6) is 0 Å². The summed E-state index contributed by atoms with van der Waals surface area (Å²) in [5, 5.41) is 2.78. The molecule has 0 aliphatic carbocycles. The number of carbonyl (C=O) groups is 1. The van der Waals surface area contributed by atoms with E-state index in [2.05, 4.69) is 10.3 Å². The molecule has 7 heteroatoms. The minimum absolute atomic E-state index is 0.0235. The van der Waals surface area contributed by atoms with Crippen molar-refractivity contribution in [2.45, 2.75) is 25.4 Å². The summed E-state index contributed by atoms with van der Waals surface area (Å²) in [4.78, 5) is 15.6. The van der Waals surface area contributed by atoms with Crippen LogP contribution < -0.4 is 5.32 Å². The summed E-state index contributed by atoms with van der Waals surface area (Å²) in [7, 11) is -3.00. The lowest BCUT2D eigenvalue weighted by Crippen LogP contribution is -2.48. The molecule has 0 bridgehead atoms. The highest BCUT2D eigenvalue weighted by Crippen LogP contribution is 2.22. The van der Waals surface area contributed by atoms with Crippen molar-refractivity contribution in [3.63, 3.8) is 0 Å². The molecule has 94 valence electrons. The SMILES string of the molecule is C[C@]1(NC(=O)Cn2ccnc2)CCS(=O)(=O)C1. The largest absolute Gasteiger partial charge is 0.348 e. The van der Waals surface area contributed by atoms with Gasteiger partial charge in [0.1, 0.15) is 6.54 Å². The zero-order chi connectivity index (χ0) is 12.5. The molecule has 17 heavy (non-hydrogen) atoms. The van der Waals surface area contributed by atoms with Gasteiger partial charge in [0.05, 0.1) is 23.4 Å². The summed E-state index contributed by atoms with van der Waals surface area (Å²) < 4.78 is 24.4. The maximum absolute atomic E-state index is 11.7. The second kappa shape index (κ2) is 4.14. The van der Waals surface area contributed by atoms with Gasteiger partial charge in [-0.15, -0.1) is 0 Å². The smallest absolute Gasteiger partial charge is 0.240 e. The number of imidazole rings is 1. The summed E-state index contributed by atoms with van der Waals surface area (Å²) in [6.07, 6.45) is 5.31. The quantitative estimate of drug-likeness (QED) is 0.797. The lowest BCUT2D eigenvalue weighted by molar-refractivity contribution is -0.123. The van der Waals surface area contributed by atoms with Crippen LogP contribution in [-0.4, -0.2) is 40.9 Å². The molecule has 2 heterocycles. The van der Waals surface area contributed by atoms with Gasteiger partial charge in [-0.3, -0.25) is 4.79 Å². The fraction of sp³-hybridized carbons (Fsp3) is 0.600. The second-order valence-electron chi connectivity index (χ2n) is 4.69. The Labute approximate surface area is 100.0 Å². The summed E-state index contributed by atoms with van der Waals surface area (Å²) in [6, 6.07) is 0. The average molecular weight is 257 g/mol. The lowest BCUT2D eigenvalue weighted by atomic mass is 10.0. The number of hydrogen-bond acceptors (Lipinski definition) is 4. The van der Waals surface area contributed by atoms with E-state index in [1.165, 1.54) is 0 Å². The molecule has 0 radical (unpaired) electrons. The number of hydrogen-bond donors (Lipinski definition) is 1. The van der Waals surface area contributed by atoms with Gasteiger partial charge in [-0.2, -0.15) is 0 Å². The molecule has 1 N–H and O–H groups in total. The normalized spacial score (nSPS) is 26.9. The van der Waals surface area contributed by atoms with Gasteiger partial charge < -0.3 is 9.88 Å². The average Bonchev–Trinajstić information content (AvgIpc) is 2.74. The van der Waals surface area contributed by atoms with E-state index in [1.54, 1.807) is 30.2 Å². The summed E-state index contributed by atoms with van der Waals surface area (Å²) in [5.74, 6) is -0.0209. The molecule has 0 aromatic carbocycles. The number of amides is 1. The molecule has 0 spiro atoms. The molecule has 0 unspecified atom stereocenters. The van der Waals surface area contributed by atoms with Crippen LogP contribution in [0.1, 0.15) is 13.3 Å². The van der Waals surface area contributed by atoms with Crippen molar-refractivity contribution < 1.29 is 13.2 Å². The second-order valence-corrected chi connectivity index (χ2v) is 6.87. The number of nitrogens with zero attached hydrogens (tertiary/aromatic N) is 2. The van der Waals surface area contributed by atoms with Crippen LogP contribution in [0.3, 0.4) is 0 Å². The predicted octanol–water partition coefficient (Wildman–Crippen LogP) is -0.424. The van der Waals surface area contributed by atoms with E-state index in [9.17, 15) is 13.2 Å². The Balaban J connectivity index is 1.95. The van der Waals surface area contributed by atoms with Gasteiger partial charge in [-0.25, -0.2) is 13.4 Å². The van der Waals surface area contributed by atoms with Crippen LogP contribution in [0.2, 0.25) is 0 Å². The van der Waals surface area contributed by atoms with Crippen molar-refractivity contribution in [3.05, 3.63) is 18.7 Å². The molecule has 2 rings (SSSR count). The summed E-state index contributed by atoms with van der Waals surface area (Å²) >= 11 is 0. The van der Waals surface area contributed by atoms with Crippen molar-refractivity contribution in [2.75, 3.05) is 11.5 Å². The molecule has 1 fully saturated rings. The van der Waals surface area contributed by atoms with Gasteiger partial charge in [0.15, 0.2) is 9.84 Å². The fourth-order valence-corrected chi connectivity index (χ4v) is 4.12. The van der Waals surface area contributed by atoms with E-state index in [0.29, 0.717) is 6.42 Å². The van der Waals surface area contributed by atoms with Gasteiger partial charge >= 0.3 is 0 Å². The van der Waals surface area contributed by atoms with Crippen molar-refractivity contribution in [2.24, 2.45) is 0 Å². The Kier molecular flexibility index (Phi) is 2.94. The van der Waals surface area contributed by atoms with E-state index >= 15 is 0 Å². The van der Waals surface area contributed by atoms with Crippen molar-refractivity contribution >= 4 is 15.7 Å². The molecule has 1 aromatic rings. The highest BCUT2D eigenvalue weighted by molar-refractivity contribution is 7.91. The monoisotopic (exact) mass is 257 g/mol. The number of sulfone groups is 1. The first-order valence-corrected chi connectivity index (χ1v) is 7.18. The van der Waals surface area contributed by atoms with E-state index in [4.69, 9.17) is 0 Å². The van der Waals surface area contributed by atoms with Crippen molar-refractivity contribution in [1.82, 2.24) is 14.9 Å². The zero-order valence-corrected chi connectivity index (χ0v) is 10.4. The first kappa shape index (κ1) is 12.1. The third kappa shape index (κ3) is 3.06. The fourth-order valence-electron chi connectivity index (χ4n) is 2.03. The topological polar surface area (TPSA) is 81.1 Å². The third-order valence-electron chi connectivity index (χ3n) is 2.83. The van der Waals surface area contributed by atoms with Crippen LogP contribution in [0, 0.1) is 0 Å². The molecule has 1 amide bonds. The van der Waals surface area contributed by atoms with Gasteiger partial charge in [0.2, 0.25) is 5.91 Å². The molecule has 1 aliphatic heterocycles.